The van der Waals surface area contributed by atoms with Crippen LogP contribution in [0, 0.1) is 0 Å². The largest absolute Gasteiger partial charge is 0.458 e. The number of hydrogen-bond donors (Lipinski definition) is 0. The van der Waals surface area contributed by atoms with Crippen molar-refractivity contribution in [2.24, 2.45) is 0 Å². The summed E-state index contributed by atoms with van der Waals surface area (Å²) in [4.78, 5) is 4.75. The Kier molecular flexibility index (Phi) is 11.5. The van der Waals surface area contributed by atoms with Crippen molar-refractivity contribution in [3.8, 4) is 67.4 Å². The molecule has 103 heavy (non-hydrogen) atoms. The third-order valence-corrected chi connectivity index (χ3v) is 21.5. The molecule has 0 saturated heterocycles. The van der Waals surface area contributed by atoms with Crippen molar-refractivity contribution in [2.75, 3.05) is 9.80 Å². The van der Waals surface area contributed by atoms with Crippen molar-refractivity contribution in [3.63, 3.8) is 0 Å². The van der Waals surface area contributed by atoms with Gasteiger partial charge in [-0.15, -0.1) is 0 Å². The molecule has 3 aliphatic rings. The zero-order valence-corrected chi connectivity index (χ0v) is 55.5. The van der Waals surface area contributed by atoms with Gasteiger partial charge in [0.05, 0.1) is 55.5 Å². The first-order chi connectivity index (χ1) is 54.4. The summed E-state index contributed by atoms with van der Waals surface area (Å²) in [6.07, 6.45) is 0. The van der Waals surface area contributed by atoms with Gasteiger partial charge in [-0.2, -0.15) is 0 Å². The lowest BCUT2D eigenvalue weighted by atomic mass is 9.34. The molecule has 480 valence electrons. The number of para-hydroxylation sites is 7. The maximum Gasteiger partial charge on any atom is 0.256 e. The highest BCUT2D eigenvalue weighted by atomic mass is 16.5. The molecule has 6 heteroatoms. The number of aromatic nitrogens is 2. The van der Waals surface area contributed by atoms with Gasteiger partial charge in [0.2, 0.25) is 0 Å². The van der Waals surface area contributed by atoms with E-state index >= 15 is 0 Å². The maximum absolute atomic E-state index is 9.78. The minimum atomic E-state index is -0.852. The lowest BCUT2D eigenvalue weighted by Gasteiger charge is -2.46. The van der Waals surface area contributed by atoms with Gasteiger partial charge in [0.25, 0.3) is 6.71 Å². The van der Waals surface area contributed by atoms with Crippen LogP contribution in [-0.2, 0) is 5.41 Å². The molecule has 0 N–H and O–H groups in total. The Labute approximate surface area is 609 Å². The number of ether oxygens (including phenoxy) is 1. The molecule has 0 radical (unpaired) electrons. The number of benzene rings is 16. The molecule has 21 rings (SSSR count). The normalized spacial score (nSPS) is 14.2. The first kappa shape index (κ1) is 50.8. The zero-order chi connectivity index (χ0) is 74.7. The molecule has 0 saturated carbocycles. The number of rotatable bonds is 10. The minimum Gasteiger partial charge on any atom is -0.458 e. The average molecular weight is 1320 g/mol. The lowest BCUT2D eigenvalue weighted by molar-refractivity contribution is 0.488. The molecule has 5 heterocycles. The van der Waals surface area contributed by atoms with Gasteiger partial charge in [-0.05, 0) is 169 Å². The Balaban J connectivity index is 0.863. The predicted octanol–water partition coefficient (Wildman–Crippen LogP) is 23.1. The van der Waals surface area contributed by atoms with Crippen molar-refractivity contribution in [1.82, 2.24) is 9.13 Å². The number of nitrogens with zero attached hydrogens (tertiary/aromatic N) is 4. The number of anilines is 6. The van der Waals surface area contributed by atoms with Crippen LogP contribution in [0.2, 0.25) is 0 Å². The molecule has 0 aliphatic carbocycles. The first-order valence-corrected chi connectivity index (χ1v) is 34.9. The van der Waals surface area contributed by atoms with Crippen LogP contribution in [0.1, 0.15) is 33.2 Å². The van der Waals surface area contributed by atoms with Gasteiger partial charge < -0.3 is 23.7 Å². The van der Waals surface area contributed by atoms with Crippen LogP contribution in [0.25, 0.3) is 99.5 Å². The van der Waals surface area contributed by atoms with Crippen molar-refractivity contribution in [3.05, 3.63) is 404 Å². The van der Waals surface area contributed by atoms with Gasteiger partial charge in [-0.25, -0.2) is 0 Å². The lowest BCUT2D eigenvalue weighted by Crippen LogP contribution is -2.59. The van der Waals surface area contributed by atoms with Crippen molar-refractivity contribution < 1.29 is 15.7 Å². The van der Waals surface area contributed by atoms with Gasteiger partial charge in [-0.3, -0.25) is 0 Å². The minimum absolute atomic E-state index is 0.00234. The summed E-state index contributed by atoms with van der Waals surface area (Å²) in [6.45, 7) is -0.500. The van der Waals surface area contributed by atoms with Crippen LogP contribution < -0.4 is 30.9 Å². The molecule has 0 unspecified atom stereocenters. The molecule has 18 aromatic rings. The van der Waals surface area contributed by atoms with E-state index in [0.29, 0.717) is 17.2 Å². The second-order valence-electron chi connectivity index (χ2n) is 26.8. The second kappa shape index (κ2) is 23.4. The van der Waals surface area contributed by atoms with Crippen LogP contribution in [0.4, 0.5) is 34.1 Å². The molecule has 0 amide bonds. The van der Waals surface area contributed by atoms with E-state index in [0.717, 1.165) is 134 Å². The van der Waals surface area contributed by atoms with E-state index < -0.39 is 48.4 Å². The Bertz CT molecular complexity index is 6690. The fourth-order valence-electron chi connectivity index (χ4n) is 17.1. The Morgan fingerprint density at radius 3 is 1.45 bits per heavy atom. The molecule has 16 aromatic carbocycles. The Hall–Kier alpha value is -13.4. The molecule has 2 aromatic heterocycles. The summed E-state index contributed by atoms with van der Waals surface area (Å²) < 4.78 is 86.8. The van der Waals surface area contributed by atoms with Crippen molar-refractivity contribution >= 4 is 101 Å². The van der Waals surface area contributed by atoms with Gasteiger partial charge >= 0.3 is 0 Å². The summed E-state index contributed by atoms with van der Waals surface area (Å²) in [5.41, 5.74) is 23.0. The van der Waals surface area contributed by atoms with Crippen molar-refractivity contribution in [2.45, 2.75) is 5.41 Å². The van der Waals surface area contributed by atoms with Gasteiger partial charge in [0.15, 0.2) is 0 Å². The highest BCUT2D eigenvalue weighted by molar-refractivity contribution is 6.99. The fraction of sp³-hybridized carbons (Fsp3) is 0.0103. The summed E-state index contributed by atoms with van der Waals surface area (Å²) in [7, 11) is 0. The summed E-state index contributed by atoms with van der Waals surface area (Å²) in [6, 6.07) is 115. The summed E-state index contributed by atoms with van der Waals surface area (Å²) >= 11 is 0. The predicted molar refractivity (Wildman–Crippen MR) is 429 cm³/mol. The molecule has 3 aliphatic heterocycles. The molecule has 5 nitrogen and oxygen atoms in total. The summed E-state index contributed by atoms with van der Waals surface area (Å²) in [5.74, 6) is 1.32. The van der Waals surface area contributed by atoms with E-state index in [9.17, 15) is 8.22 Å². The molecular formula is C97H63BN4O. The molecule has 0 atom stereocenters. The number of fused-ring (bicyclic) bond motifs is 12. The average Bonchev–Trinajstić information content (AvgIpc) is 1.46. The molecule has 0 fully saturated rings. The highest BCUT2D eigenvalue weighted by Gasteiger charge is 2.48. The van der Waals surface area contributed by atoms with Gasteiger partial charge in [0.1, 0.15) is 11.5 Å². The van der Waals surface area contributed by atoms with Crippen molar-refractivity contribution in [1.29, 1.82) is 0 Å². The van der Waals surface area contributed by atoms with E-state index in [4.69, 9.17) is 7.48 Å². The SMILES string of the molecule is [2H]c1c([2H])c([2H])c2c(c1[2H])c1c([2H])c([2H])c([2H])c([2H])c1n2-c1ccc2c(c1)N(c1c(-c3ccccc3)cccc1-c1ccccc1)c1cc(-c3ccc4c(c3)C(c3ccccc3)(c3ccccc3)c3ccccc3N4c3ccccc3)cc3c1B2c1ccc(-c2ccc(-n4c5ccccc5c5ccccc54)cc2)cc1O3. The third-order valence-electron chi connectivity index (χ3n) is 21.5. The van der Waals surface area contributed by atoms with E-state index in [1.54, 1.807) is 4.57 Å². The second-order valence-corrected chi connectivity index (χ2v) is 26.8. The van der Waals surface area contributed by atoms with Gasteiger partial charge in [0, 0.05) is 61.1 Å². The Morgan fingerprint density at radius 1 is 0.291 bits per heavy atom. The van der Waals surface area contributed by atoms with Crippen LogP contribution >= 0.6 is 0 Å². The maximum atomic E-state index is 9.78. The van der Waals surface area contributed by atoms with Crippen LogP contribution in [0.15, 0.2) is 382 Å². The van der Waals surface area contributed by atoms with E-state index in [-0.39, 0.29) is 33.9 Å². The third kappa shape index (κ3) is 8.94. The van der Waals surface area contributed by atoms with E-state index in [1.807, 2.05) is 24.3 Å². The number of hydrogen-bond acceptors (Lipinski definition) is 3. The zero-order valence-electron chi connectivity index (χ0n) is 63.5. The fourth-order valence-corrected chi connectivity index (χ4v) is 17.1. The van der Waals surface area contributed by atoms with Crippen LogP contribution in [-0.4, -0.2) is 15.8 Å². The monoisotopic (exact) mass is 1320 g/mol. The first-order valence-electron chi connectivity index (χ1n) is 38.9. The van der Waals surface area contributed by atoms with Crippen LogP contribution in [0.3, 0.4) is 0 Å². The quantitative estimate of drug-likeness (QED) is 0.128. The topological polar surface area (TPSA) is 25.6 Å². The highest BCUT2D eigenvalue weighted by Crippen LogP contribution is 2.59. The molecular weight excluding hydrogens is 1250 g/mol. The summed E-state index contributed by atoms with van der Waals surface area (Å²) in [5, 5.41) is 2.37. The molecule has 0 bridgehead atoms. The molecule has 0 spiro atoms. The van der Waals surface area contributed by atoms with Gasteiger partial charge in [-0.1, -0.05) is 285 Å². The Morgan fingerprint density at radius 2 is 0.796 bits per heavy atom. The van der Waals surface area contributed by atoms with E-state index in [2.05, 4.69) is 324 Å². The smallest absolute Gasteiger partial charge is 0.256 e. The van der Waals surface area contributed by atoms with E-state index in [1.165, 1.54) is 10.8 Å². The standard InChI is InChI=1S/C97H63BN4O/c1-6-27-65(28-7-1)75-41-26-42-76(66-29-8-2-9-30-66)96(75)102-91-63-74(101-87-46-23-18-39-79(87)80-40-19-24-47-88(80)101)55-57-83(91)98-84-56-51-68(64-49-53-73(54-50-64)99-85-44-21-16-37-77(85)78-38-17-22-45-86(78)99)61-93(84)103-94-62-69(60-92(102)95(94)98)67-52-58-90-82(59-67)97(70-31-10-3-11-32-70,71-33-12-4-13-34-71)81-43-20-25-48-89(81)100(90)72-35-14-5-15-36-72/h1-63H/i18D,19D,23D,24D,39D,40D,46D,47D. The van der Waals surface area contributed by atoms with Crippen LogP contribution in [0.5, 0.6) is 11.5 Å².